The van der Waals surface area contributed by atoms with Crippen molar-refractivity contribution in [1.29, 1.82) is 0 Å². The third-order valence-electron chi connectivity index (χ3n) is 3.35. The van der Waals surface area contributed by atoms with Crippen molar-refractivity contribution in [1.82, 2.24) is 0 Å². The molecule has 116 valence electrons. The Bertz CT molecular complexity index is 663. The van der Waals surface area contributed by atoms with Gasteiger partial charge in [-0.2, -0.15) is 0 Å². The number of carbonyl (C=O) groups excluding carboxylic acids is 1. The summed E-state index contributed by atoms with van der Waals surface area (Å²) in [6.45, 7) is 5.52. The summed E-state index contributed by atoms with van der Waals surface area (Å²) in [5.74, 6) is -0.115. The van der Waals surface area contributed by atoms with E-state index in [2.05, 4.69) is 5.32 Å². The smallest absolute Gasteiger partial charge is 0.229 e. The molecule has 0 fully saturated rings. The Morgan fingerprint density at radius 3 is 2.36 bits per heavy atom. The highest BCUT2D eigenvalue weighted by Crippen LogP contribution is 2.31. The van der Waals surface area contributed by atoms with Crippen LogP contribution >= 0.6 is 11.6 Å². The van der Waals surface area contributed by atoms with Crippen LogP contribution in [-0.2, 0) is 4.79 Å². The Morgan fingerprint density at radius 2 is 1.77 bits per heavy atom. The monoisotopic (exact) mass is 317 g/mol. The van der Waals surface area contributed by atoms with Crippen LogP contribution in [0.15, 0.2) is 48.5 Å². The molecule has 0 aliphatic rings. The number of carbonyl (C=O) groups is 1. The second-order valence-electron chi connectivity index (χ2n) is 6.25. The molecule has 0 bridgehead atoms. The fraction of sp³-hybridized carbons (Fsp3) is 0.278. The number of amides is 1. The molecule has 0 aromatic heterocycles. The zero-order valence-electron chi connectivity index (χ0n) is 12.9. The highest BCUT2D eigenvalue weighted by Gasteiger charge is 2.23. The second kappa shape index (κ2) is 6.51. The van der Waals surface area contributed by atoms with Crippen molar-refractivity contribution in [2.45, 2.75) is 26.9 Å². The van der Waals surface area contributed by atoms with Gasteiger partial charge in [0.05, 0.1) is 0 Å². The molecule has 2 aromatic rings. The predicted octanol–water partition coefficient (Wildman–Crippen LogP) is 4.41. The number of benzene rings is 2. The van der Waals surface area contributed by atoms with Crippen LogP contribution in [0.1, 0.15) is 38.0 Å². The number of rotatable bonds is 3. The number of aliphatic hydroxyl groups is 1. The number of hydrogen-bond acceptors (Lipinski definition) is 2. The fourth-order valence-electron chi connectivity index (χ4n) is 2.00. The van der Waals surface area contributed by atoms with E-state index in [1.54, 1.807) is 18.2 Å². The number of anilines is 1. The molecule has 22 heavy (non-hydrogen) atoms. The molecule has 0 unspecified atom stereocenters. The van der Waals surface area contributed by atoms with Gasteiger partial charge in [0.2, 0.25) is 5.91 Å². The summed E-state index contributed by atoms with van der Waals surface area (Å²) in [6, 6.07) is 14.4. The van der Waals surface area contributed by atoms with Crippen LogP contribution in [0.5, 0.6) is 0 Å². The van der Waals surface area contributed by atoms with Gasteiger partial charge in [-0.15, -0.1) is 0 Å². The zero-order valence-corrected chi connectivity index (χ0v) is 13.7. The van der Waals surface area contributed by atoms with Crippen molar-refractivity contribution in [2.24, 2.45) is 5.41 Å². The molecule has 0 aliphatic heterocycles. The third-order valence-corrected chi connectivity index (χ3v) is 3.59. The summed E-state index contributed by atoms with van der Waals surface area (Å²) in [4.78, 5) is 12.2. The van der Waals surface area contributed by atoms with Crippen LogP contribution in [0.2, 0.25) is 5.02 Å². The molecule has 0 saturated heterocycles. The van der Waals surface area contributed by atoms with Crippen LogP contribution in [0, 0.1) is 5.41 Å². The van der Waals surface area contributed by atoms with Crippen LogP contribution in [-0.4, -0.2) is 11.0 Å². The molecule has 1 atom stereocenters. The van der Waals surface area contributed by atoms with Crippen LogP contribution < -0.4 is 5.32 Å². The minimum atomic E-state index is -0.852. The SMILES string of the molecule is CC(C)(C)C(=O)Nc1ccc(Cl)cc1[C@H](O)c1ccccc1. The molecule has 2 N–H and O–H groups in total. The lowest BCUT2D eigenvalue weighted by Crippen LogP contribution is -2.28. The lowest BCUT2D eigenvalue weighted by Gasteiger charge is -2.21. The van der Waals surface area contributed by atoms with E-state index in [0.29, 0.717) is 16.3 Å². The van der Waals surface area contributed by atoms with Crippen LogP contribution in [0.4, 0.5) is 5.69 Å². The first-order chi connectivity index (χ1) is 10.3. The predicted molar refractivity (Wildman–Crippen MR) is 90.0 cm³/mol. The van der Waals surface area contributed by atoms with Crippen molar-refractivity contribution in [3.63, 3.8) is 0 Å². The molecule has 2 aromatic carbocycles. The molecule has 4 heteroatoms. The fourth-order valence-corrected chi connectivity index (χ4v) is 2.18. The van der Waals surface area contributed by atoms with Crippen molar-refractivity contribution in [3.8, 4) is 0 Å². The van der Waals surface area contributed by atoms with Gasteiger partial charge in [-0.1, -0.05) is 62.7 Å². The van der Waals surface area contributed by atoms with Gasteiger partial charge in [0.25, 0.3) is 0 Å². The maximum atomic E-state index is 12.2. The molecule has 0 spiro atoms. The maximum Gasteiger partial charge on any atom is 0.229 e. The summed E-state index contributed by atoms with van der Waals surface area (Å²) in [5, 5.41) is 14.0. The molecule has 3 nitrogen and oxygen atoms in total. The third kappa shape index (κ3) is 3.87. The molecule has 2 rings (SSSR count). The van der Waals surface area contributed by atoms with Crippen molar-refractivity contribution in [2.75, 3.05) is 5.32 Å². The minimum absolute atomic E-state index is 0.115. The minimum Gasteiger partial charge on any atom is -0.384 e. The summed E-state index contributed by atoms with van der Waals surface area (Å²) in [7, 11) is 0. The van der Waals surface area contributed by atoms with Gasteiger partial charge in [-0.05, 0) is 23.8 Å². The average Bonchev–Trinajstić information content (AvgIpc) is 2.48. The van der Waals surface area contributed by atoms with Crippen molar-refractivity contribution >= 4 is 23.2 Å². The molecule has 0 heterocycles. The van der Waals surface area contributed by atoms with E-state index >= 15 is 0 Å². The Hall–Kier alpha value is -1.84. The molecule has 0 aliphatic carbocycles. The van der Waals surface area contributed by atoms with E-state index in [0.717, 1.165) is 5.56 Å². The Morgan fingerprint density at radius 1 is 1.14 bits per heavy atom. The van der Waals surface area contributed by atoms with Crippen molar-refractivity contribution in [3.05, 3.63) is 64.7 Å². The first-order valence-electron chi connectivity index (χ1n) is 7.13. The summed E-state index contributed by atoms with van der Waals surface area (Å²) in [5.41, 5.74) is 1.38. The molecular formula is C18H20ClNO2. The van der Waals surface area contributed by atoms with Gasteiger partial charge in [-0.25, -0.2) is 0 Å². The summed E-state index contributed by atoms with van der Waals surface area (Å²) in [6.07, 6.45) is -0.852. The maximum absolute atomic E-state index is 12.2. The Balaban J connectivity index is 2.38. The van der Waals surface area contributed by atoms with Gasteiger partial charge in [0, 0.05) is 21.7 Å². The largest absolute Gasteiger partial charge is 0.384 e. The van der Waals surface area contributed by atoms with Gasteiger partial charge < -0.3 is 10.4 Å². The highest BCUT2D eigenvalue weighted by molar-refractivity contribution is 6.30. The molecule has 0 radical (unpaired) electrons. The zero-order chi connectivity index (χ0) is 16.3. The normalized spacial score (nSPS) is 12.8. The second-order valence-corrected chi connectivity index (χ2v) is 6.69. The molecule has 1 amide bonds. The lowest BCUT2D eigenvalue weighted by molar-refractivity contribution is -0.123. The highest BCUT2D eigenvalue weighted by atomic mass is 35.5. The summed E-state index contributed by atoms with van der Waals surface area (Å²) >= 11 is 6.05. The van der Waals surface area contributed by atoms with E-state index in [9.17, 15) is 9.90 Å². The number of nitrogens with one attached hydrogen (secondary N) is 1. The van der Waals surface area contributed by atoms with Crippen molar-refractivity contribution < 1.29 is 9.90 Å². The van der Waals surface area contributed by atoms with Crippen LogP contribution in [0.25, 0.3) is 0 Å². The van der Waals surface area contributed by atoms with E-state index in [1.165, 1.54) is 0 Å². The van der Waals surface area contributed by atoms with E-state index < -0.39 is 11.5 Å². The average molecular weight is 318 g/mol. The van der Waals surface area contributed by atoms with Crippen LogP contribution in [0.3, 0.4) is 0 Å². The first-order valence-corrected chi connectivity index (χ1v) is 7.51. The van der Waals surface area contributed by atoms with Gasteiger partial charge in [0.1, 0.15) is 6.10 Å². The number of halogens is 1. The topological polar surface area (TPSA) is 49.3 Å². The molecule has 0 saturated carbocycles. The van der Waals surface area contributed by atoms with Gasteiger partial charge in [0.15, 0.2) is 0 Å². The lowest BCUT2D eigenvalue weighted by atomic mass is 9.94. The number of aliphatic hydroxyl groups excluding tert-OH is 1. The quantitative estimate of drug-likeness (QED) is 0.881. The number of hydrogen-bond donors (Lipinski definition) is 2. The Labute approximate surface area is 135 Å². The van der Waals surface area contributed by atoms with Gasteiger partial charge in [-0.3, -0.25) is 4.79 Å². The standard InChI is InChI=1S/C18H20ClNO2/c1-18(2,3)17(22)20-15-10-9-13(19)11-14(15)16(21)12-7-5-4-6-8-12/h4-11,16,21H,1-3H3,(H,20,22)/t16-/m1/s1. The van der Waals surface area contributed by atoms with Gasteiger partial charge >= 0.3 is 0 Å². The van der Waals surface area contributed by atoms with E-state index in [4.69, 9.17) is 11.6 Å². The van der Waals surface area contributed by atoms with E-state index in [1.807, 2.05) is 51.1 Å². The molecular weight excluding hydrogens is 298 g/mol. The van der Waals surface area contributed by atoms with E-state index in [-0.39, 0.29) is 5.91 Å². The Kier molecular flexibility index (Phi) is 4.89. The first kappa shape index (κ1) is 16.5. The summed E-state index contributed by atoms with van der Waals surface area (Å²) < 4.78 is 0.